The number of carboxylic acid groups (broad SMARTS) is 1. The Morgan fingerprint density at radius 2 is 1.89 bits per heavy atom. The Morgan fingerprint density at radius 3 is 2.21 bits per heavy atom. The number of carbonyl (C=O) groups excluding carboxylic acids is 1. The monoisotopic (exact) mass is 270 g/mol. The SMILES string of the molecule is CCN(C(=O)N1CCC(C(=O)O)(C(C)C)C1)C(C)C. The molecule has 0 spiro atoms. The van der Waals surface area contributed by atoms with Crippen molar-refractivity contribution < 1.29 is 14.7 Å². The highest BCUT2D eigenvalue weighted by Crippen LogP contribution is 2.38. The highest BCUT2D eigenvalue weighted by atomic mass is 16.4. The molecule has 1 unspecified atom stereocenters. The molecule has 5 heteroatoms. The molecule has 1 rings (SSSR count). The number of nitrogens with zero attached hydrogens (tertiary/aromatic N) is 2. The minimum absolute atomic E-state index is 0.0249. The fourth-order valence-electron chi connectivity index (χ4n) is 2.79. The van der Waals surface area contributed by atoms with E-state index in [0.29, 0.717) is 26.1 Å². The first-order chi connectivity index (χ1) is 8.76. The van der Waals surface area contributed by atoms with Crippen molar-refractivity contribution in [3.8, 4) is 0 Å². The Balaban J connectivity index is 2.85. The molecule has 0 saturated carbocycles. The predicted molar refractivity (Wildman–Crippen MR) is 74.0 cm³/mol. The fourth-order valence-corrected chi connectivity index (χ4v) is 2.79. The average Bonchev–Trinajstić information content (AvgIpc) is 2.75. The lowest BCUT2D eigenvalue weighted by atomic mass is 9.76. The van der Waals surface area contributed by atoms with Gasteiger partial charge >= 0.3 is 12.0 Å². The first-order valence-corrected chi connectivity index (χ1v) is 7.05. The molecule has 1 fully saturated rings. The zero-order valence-corrected chi connectivity index (χ0v) is 12.6. The Labute approximate surface area is 115 Å². The number of carbonyl (C=O) groups is 2. The van der Waals surface area contributed by atoms with Crippen LogP contribution in [0.3, 0.4) is 0 Å². The van der Waals surface area contributed by atoms with Gasteiger partial charge < -0.3 is 14.9 Å². The fraction of sp³-hybridized carbons (Fsp3) is 0.857. The molecule has 0 aliphatic carbocycles. The molecule has 1 heterocycles. The predicted octanol–water partition coefficient (Wildman–Crippen LogP) is 2.27. The second-order valence-electron chi connectivity index (χ2n) is 5.95. The van der Waals surface area contributed by atoms with Crippen LogP contribution in [0.4, 0.5) is 4.79 Å². The summed E-state index contributed by atoms with van der Waals surface area (Å²) in [6.45, 7) is 11.2. The molecule has 1 saturated heterocycles. The number of amides is 2. The van der Waals surface area contributed by atoms with Gasteiger partial charge in [-0.1, -0.05) is 13.8 Å². The standard InChI is InChI=1S/C14H26N2O3/c1-6-16(11(4)5)13(19)15-8-7-14(9-15,10(2)3)12(17)18/h10-11H,6-9H2,1-5H3,(H,17,18). The summed E-state index contributed by atoms with van der Waals surface area (Å²) in [6.07, 6.45) is 0.543. The van der Waals surface area contributed by atoms with E-state index in [1.54, 1.807) is 9.80 Å². The summed E-state index contributed by atoms with van der Waals surface area (Å²) in [5.41, 5.74) is -0.786. The molecule has 0 aromatic carbocycles. The van der Waals surface area contributed by atoms with E-state index in [2.05, 4.69) is 0 Å². The van der Waals surface area contributed by atoms with Crippen LogP contribution in [0.25, 0.3) is 0 Å². The van der Waals surface area contributed by atoms with Gasteiger partial charge in [0.2, 0.25) is 0 Å². The van der Waals surface area contributed by atoms with E-state index in [1.807, 2.05) is 34.6 Å². The number of hydrogen-bond donors (Lipinski definition) is 1. The summed E-state index contributed by atoms with van der Waals surface area (Å²) in [5, 5.41) is 9.49. The van der Waals surface area contributed by atoms with Gasteiger partial charge in [-0.05, 0) is 33.1 Å². The molecule has 0 bridgehead atoms. The molecule has 5 nitrogen and oxygen atoms in total. The minimum Gasteiger partial charge on any atom is -0.481 e. The molecule has 110 valence electrons. The Kier molecular flexibility index (Phi) is 4.82. The van der Waals surface area contributed by atoms with Crippen molar-refractivity contribution in [2.24, 2.45) is 11.3 Å². The molecule has 19 heavy (non-hydrogen) atoms. The maximum atomic E-state index is 12.4. The van der Waals surface area contributed by atoms with Crippen molar-refractivity contribution in [1.29, 1.82) is 0 Å². The maximum absolute atomic E-state index is 12.4. The molecule has 1 atom stereocenters. The van der Waals surface area contributed by atoms with E-state index in [4.69, 9.17) is 0 Å². The van der Waals surface area contributed by atoms with Gasteiger partial charge in [0.15, 0.2) is 0 Å². The number of rotatable bonds is 4. The molecular weight excluding hydrogens is 244 g/mol. The van der Waals surface area contributed by atoms with Crippen LogP contribution in [0.1, 0.15) is 41.0 Å². The van der Waals surface area contributed by atoms with Crippen LogP contribution in [0.5, 0.6) is 0 Å². The molecule has 1 aliphatic heterocycles. The Morgan fingerprint density at radius 1 is 1.32 bits per heavy atom. The van der Waals surface area contributed by atoms with Gasteiger partial charge in [0.25, 0.3) is 0 Å². The van der Waals surface area contributed by atoms with E-state index in [-0.39, 0.29) is 18.0 Å². The number of urea groups is 1. The van der Waals surface area contributed by atoms with E-state index < -0.39 is 11.4 Å². The second-order valence-corrected chi connectivity index (χ2v) is 5.95. The van der Waals surface area contributed by atoms with Crippen molar-refractivity contribution in [3.05, 3.63) is 0 Å². The van der Waals surface area contributed by atoms with Crippen LogP contribution >= 0.6 is 0 Å². The summed E-state index contributed by atoms with van der Waals surface area (Å²) in [7, 11) is 0. The summed E-state index contributed by atoms with van der Waals surface area (Å²) >= 11 is 0. The maximum Gasteiger partial charge on any atom is 0.320 e. The molecular formula is C14H26N2O3. The number of carboxylic acids is 1. The van der Waals surface area contributed by atoms with Crippen LogP contribution in [0.15, 0.2) is 0 Å². The van der Waals surface area contributed by atoms with Crippen LogP contribution < -0.4 is 0 Å². The van der Waals surface area contributed by atoms with Crippen molar-refractivity contribution in [2.45, 2.75) is 47.1 Å². The van der Waals surface area contributed by atoms with Gasteiger partial charge in [-0.3, -0.25) is 4.79 Å². The Hall–Kier alpha value is -1.26. The van der Waals surface area contributed by atoms with E-state index in [9.17, 15) is 14.7 Å². The quantitative estimate of drug-likeness (QED) is 0.852. The van der Waals surface area contributed by atoms with E-state index >= 15 is 0 Å². The van der Waals surface area contributed by atoms with Crippen LogP contribution in [-0.2, 0) is 4.79 Å². The van der Waals surface area contributed by atoms with Gasteiger partial charge in [-0.25, -0.2) is 4.79 Å². The molecule has 0 aromatic heterocycles. The topological polar surface area (TPSA) is 60.9 Å². The zero-order chi connectivity index (χ0) is 14.8. The molecule has 1 aliphatic rings. The first kappa shape index (κ1) is 15.8. The lowest BCUT2D eigenvalue weighted by molar-refractivity contribution is -0.150. The molecule has 1 N–H and O–H groups in total. The molecule has 0 radical (unpaired) electrons. The summed E-state index contributed by atoms with van der Waals surface area (Å²) < 4.78 is 0. The van der Waals surface area contributed by atoms with Crippen LogP contribution in [-0.4, -0.2) is 52.6 Å². The number of aliphatic carboxylic acids is 1. The zero-order valence-electron chi connectivity index (χ0n) is 12.6. The minimum atomic E-state index is -0.787. The van der Waals surface area contributed by atoms with Gasteiger partial charge in [0.05, 0.1) is 5.41 Å². The van der Waals surface area contributed by atoms with Crippen LogP contribution in [0.2, 0.25) is 0 Å². The third-order valence-electron chi connectivity index (χ3n) is 4.31. The van der Waals surface area contributed by atoms with Gasteiger partial charge in [0.1, 0.15) is 0 Å². The summed E-state index contributed by atoms with van der Waals surface area (Å²) in [6, 6.07) is 0.0950. The average molecular weight is 270 g/mol. The number of hydrogen-bond acceptors (Lipinski definition) is 2. The highest BCUT2D eigenvalue weighted by molar-refractivity contribution is 5.80. The van der Waals surface area contributed by atoms with Crippen molar-refractivity contribution >= 4 is 12.0 Å². The van der Waals surface area contributed by atoms with E-state index in [1.165, 1.54) is 0 Å². The first-order valence-electron chi connectivity index (χ1n) is 7.05. The highest BCUT2D eigenvalue weighted by Gasteiger charge is 2.49. The lowest BCUT2D eigenvalue weighted by Gasteiger charge is -2.32. The normalized spacial score (nSPS) is 23.2. The molecule has 2 amide bonds. The van der Waals surface area contributed by atoms with Crippen molar-refractivity contribution in [2.75, 3.05) is 19.6 Å². The Bertz CT molecular complexity index is 355. The van der Waals surface area contributed by atoms with Gasteiger partial charge in [-0.2, -0.15) is 0 Å². The molecule has 0 aromatic rings. The van der Waals surface area contributed by atoms with Gasteiger partial charge in [-0.15, -0.1) is 0 Å². The smallest absolute Gasteiger partial charge is 0.320 e. The lowest BCUT2D eigenvalue weighted by Crippen LogP contribution is -2.47. The summed E-state index contributed by atoms with van der Waals surface area (Å²) in [4.78, 5) is 27.4. The van der Waals surface area contributed by atoms with Crippen molar-refractivity contribution in [1.82, 2.24) is 9.80 Å². The van der Waals surface area contributed by atoms with Crippen molar-refractivity contribution in [3.63, 3.8) is 0 Å². The largest absolute Gasteiger partial charge is 0.481 e. The third-order valence-corrected chi connectivity index (χ3v) is 4.31. The summed E-state index contributed by atoms with van der Waals surface area (Å²) in [5.74, 6) is -0.762. The van der Waals surface area contributed by atoms with Crippen LogP contribution in [0, 0.1) is 11.3 Å². The van der Waals surface area contributed by atoms with E-state index in [0.717, 1.165) is 0 Å². The number of likely N-dealkylation sites (tertiary alicyclic amines) is 1. The van der Waals surface area contributed by atoms with Gasteiger partial charge in [0, 0.05) is 25.7 Å². The second kappa shape index (κ2) is 5.80. The third kappa shape index (κ3) is 2.85.